The van der Waals surface area contributed by atoms with E-state index in [-0.39, 0.29) is 11.6 Å². The first-order valence-corrected chi connectivity index (χ1v) is 6.05. The molecule has 94 valence electrons. The summed E-state index contributed by atoms with van der Waals surface area (Å²) in [5, 5.41) is 15.4. The number of aromatic nitrogens is 1. The van der Waals surface area contributed by atoms with E-state index in [4.69, 9.17) is 9.78 Å². The highest BCUT2D eigenvalue weighted by Crippen LogP contribution is 2.40. The highest BCUT2D eigenvalue weighted by atomic mass is 16.5. The highest BCUT2D eigenvalue weighted by molar-refractivity contribution is 6.03. The molecule has 2 aromatic rings. The van der Waals surface area contributed by atoms with Crippen molar-refractivity contribution in [1.29, 1.82) is 5.26 Å². The third kappa shape index (κ3) is 2.33. The third-order valence-corrected chi connectivity index (χ3v) is 3.04. The second-order valence-corrected chi connectivity index (χ2v) is 4.50. The van der Waals surface area contributed by atoms with Gasteiger partial charge in [0, 0.05) is 12.0 Å². The van der Waals surface area contributed by atoms with Crippen molar-refractivity contribution in [2.24, 2.45) is 0 Å². The number of para-hydroxylation sites is 1. The van der Waals surface area contributed by atoms with Crippen LogP contribution in [0.5, 0.6) is 0 Å². The Balaban J connectivity index is 1.78. The molecule has 5 nitrogen and oxygen atoms in total. The van der Waals surface area contributed by atoms with Crippen LogP contribution in [0.1, 0.15) is 40.6 Å². The van der Waals surface area contributed by atoms with E-state index in [0.29, 0.717) is 17.2 Å². The molecule has 0 spiro atoms. The number of anilines is 1. The summed E-state index contributed by atoms with van der Waals surface area (Å²) in [7, 11) is 0. The van der Waals surface area contributed by atoms with Crippen LogP contribution in [0.25, 0.3) is 0 Å². The largest absolute Gasteiger partial charge is 0.360 e. The molecule has 1 aliphatic rings. The number of amides is 1. The molecular formula is C14H11N3O2. The van der Waals surface area contributed by atoms with E-state index in [0.717, 1.165) is 18.6 Å². The second kappa shape index (κ2) is 4.58. The highest BCUT2D eigenvalue weighted by Gasteiger charge is 2.28. The van der Waals surface area contributed by atoms with Gasteiger partial charge in [-0.1, -0.05) is 17.3 Å². The molecule has 5 heteroatoms. The van der Waals surface area contributed by atoms with Gasteiger partial charge in [0.1, 0.15) is 11.8 Å². The van der Waals surface area contributed by atoms with E-state index in [9.17, 15) is 4.79 Å². The maximum atomic E-state index is 12.0. The number of rotatable bonds is 3. The molecular weight excluding hydrogens is 242 g/mol. The van der Waals surface area contributed by atoms with Gasteiger partial charge in [-0.15, -0.1) is 0 Å². The van der Waals surface area contributed by atoms with Crippen LogP contribution in [-0.2, 0) is 0 Å². The third-order valence-electron chi connectivity index (χ3n) is 3.04. The van der Waals surface area contributed by atoms with Gasteiger partial charge in [-0.3, -0.25) is 4.79 Å². The first kappa shape index (κ1) is 11.5. The Labute approximate surface area is 109 Å². The molecule has 0 atom stereocenters. The molecule has 1 aromatic heterocycles. The minimum atomic E-state index is -0.363. The van der Waals surface area contributed by atoms with Gasteiger partial charge in [0.2, 0.25) is 0 Å². The number of nitrogens with zero attached hydrogens (tertiary/aromatic N) is 2. The van der Waals surface area contributed by atoms with E-state index >= 15 is 0 Å². The summed E-state index contributed by atoms with van der Waals surface area (Å²) in [5.74, 6) is 0.817. The number of hydrogen-bond acceptors (Lipinski definition) is 4. The summed E-state index contributed by atoms with van der Waals surface area (Å²) < 4.78 is 5.13. The van der Waals surface area contributed by atoms with Crippen molar-refractivity contribution in [1.82, 2.24) is 5.16 Å². The Hall–Kier alpha value is -2.61. The van der Waals surface area contributed by atoms with Crippen LogP contribution in [0.3, 0.4) is 0 Å². The first-order valence-electron chi connectivity index (χ1n) is 6.05. The Bertz CT molecular complexity index is 665. The van der Waals surface area contributed by atoms with Gasteiger partial charge in [0.15, 0.2) is 5.69 Å². The van der Waals surface area contributed by atoms with Gasteiger partial charge < -0.3 is 9.84 Å². The monoisotopic (exact) mass is 253 g/mol. The fourth-order valence-corrected chi connectivity index (χ4v) is 1.83. The topological polar surface area (TPSA) is 78.9 Å². The zero-order valence-corrected chi connectivity index (χ0v) is 10.1. The molecule has 1 amide bonds. The van der Waals surface area contributed by atoms with Crippen LogP contribution in [0.15, 0.2) is 34.9 Å². The number of nitrogens with one attached hydrogen (secondary N) is 1. The minimum absolute atomic E-state index is 0.245. The number of nitriles is 1. The van der Waals surface area contributed by atoms with Crippen LogP contribution in [0.4, 0.5) is 5.69 Å². The molecule has 3 rings (SSSR count). The van der Waals surface area contributed by atoms with Gasteiger partial charge in [-0.05, 0) is 25.0 Å². The molecule has 0 aliphatic heterocycles. The van der Waals surface area contributed by atoms with Crippen LogP contribution in [0.2, 0.25) is 0 Å². The summed E-state index contributed by atoms with van der Waals surface area (Å²) in [5.41, 5.74) is 1.14. The maximum Gasteiger partial charge on any atom is 0.277 e. The zero-order valence-electron chi connectivity index (χ0n) is 10.1. The summed E-state index contributed by atoms with van der Waals surface area (Å²) in [6.45, 7) is 0. The summed E-state index contributed by atoms with van der Waals surface area (Å²) in [6, 6.07) is 10.5. The van der Waals surface area contributed by atoms with E-state index in [1.807, 2.05) is 6.07 Å². The Kier molecular flexibility index (Phi) is 2.76. The maximum absolute atomic E-state index is 12.0. The first-order chi connectivity index (χ1) is 9.28. The zero-order chi connectivity index (χ0) is 13.2. The van der Waals surface area contributed by atoms with Crippen LogP contribution in [0, 0.1) is 11.3 Å². The van der Waals surface area contributed by atoms with Gasteiger partial charge >= 0.3 is 0 Å². The fourth-order valence-electron chi connectivity index (χ4n) is 1.83. The predicted molar refractivity (Wildman–Crippen MR) is 67.6 cm³/mol. The number of hydrogen-bond donors (Lipinski definition) is 1. The lowest BCUT2D eigenvalue weighted by atomic mass is 10.2. The van der Waals surface area contributed by atoms with E-state index in [1.165, 1.54) is 0 Å². The van der Waals surface area contributed by atoms with Crippen molar-refractivity contribution in [3.05, 3.63) is 47.3 Å². The van der Waals surface area contributed by atoms with E-state index in [2.05, 4.69) is 10.5 Å². The molecule has 19 heavy (non-hydrogen) atoms. The van der Waals surface area contributed by atoms with E-state index in [1.54, 1.807) is 30.3 Å². The summed E-state index contributed by atoms with van der Waals surface area (Å²) in [6.07, 6.45) is 2.18. The lowest BCUT2D eigenvalue weighted by Crippen LogP contribution is -2.13. The van der Waals surface area contributed by atoms with Crippen molar-refractivity contribution in [2.45, 2.75) is 18.8 Å². The van der Waals surface area contributed by atoms with Crippen LogP contribution >= 0.6 is 0 Å². The average molecular weight is 253 g/mol. The number of benzene rings is 1. The van der Waals surface area contributed by atoms with Gasteiger partial charge in [0.25, 0.3) is 5.91 Å². The summed E-state index contributed by atoms with van der Waals surface area (Å²) in [4.78, 5) is 12.0. The smallest absolute Gasteiger partial charge is 0.277 e. The number of carbonyl (C=O) groups is 1. The lowest BCUT2D eigenvalue weighted by Gasteiger charge is -2.03. The Morgan fingerprint density at radius 1 is 1.42 bits per heavy atom. The van der Waals surface area contributed by atoms with Crippen molar-refractivity contribution in [3.63, 3.8) is 0 Å². The minimum Gasteiger partial charge on any atom is -0.360 e. The Morgan fingerprint density at radius 2 is 2.21 bits per heavy atom. The molecule has 1 fully saturated rings. The normalized spacial score (nSPS) is 13.8. The molecule has 1 heterocycles. The lowest BCUT2D eigenvalue weighted by molar-refractivity contribution is 0.101. The summed E-state index contributed by atoms with van der Waals surface area (Å²) >= 11 is 0. The molecule has 1 saturated carbocycles. The van der Waals surface area contributed by atoms with Crippen molar-refractivity contribution < 1.29 is 9.32 Å². The second-order valence-electron chi connectivity index (χ2n) is 4.50. The molecule has 0 bridgehead atoms. The molecule has 1 N–H and O–H groups in total. The molecule has 1 aromatic carbocycles. The molecule has 0 radical (unpaired) electrons. The quantitative estimate of drug-likeness (QED) is 0.912. The standard InChI is InChI=1S/C14H11N3O2/c15-8-10-3-1-2-4-11(10)16-14(18)12-7-13(19-17-12)9-5-6-9/h1-4,7,9H,5-6H2,(H,16,18). The fraction of sp³-hybridized carbons (Fsp3) is 0.214. The SMILES string of the molecule is N#Cc1ccccc1NC(=O)c1cc(C2CC2)on1. The molecule has 0 saturated heterocycles. The Morgan fingerprint density at radius 3 is 2.95 bits per heavy atom. The van der Waals surface area contributed by atoms with Gasteiger partial charge in [-0.25, -0.2) is 0 Å². The van der Waals surface area contributed by atoms with E-state index < -0.39 is 0 Å². The average Bonchev–Trinajstić information content (AvgIpc) is 3.17. The number of carbonyl (C=O) groups excluding carboxylic acids is 1. The molecule has 1 aliphatic carbocycles. The van der Waals surface area contributed by atoms with Crippen molar-refractivity contribution in [2.75, 3.05) is 5.32 Å². The molecule has 0 unspecified atom stereocenters. The van der Waals surface area contributed by atoms with Crippen molar-refractivity contribution >= 4 is 11.6 Å². The van der Waals surface area contributed by atoms with Gasteiger partial charge in [0.05, 0.1) is 11.3 Å². The van der Waals surface area contributed by atoms with Gasteiger partial charge in [-0.2, -0.15) is 5.26 Å². The van der Waals surface area contributed by atoms with Crippen LogP contribution < -0.4 is 5.32 Å². The van der Waals surface area contributed by atoms with Crippen molar-refractivity contribution in [3.8, 4) is 6.07 Å². The van der Waals surface area contributed by atoms with Crippen LogP contribution in [-0.4, -0.2) is 11.1 Å². The predicted octanol–water partition coefficient (Wildman–Crippen LogP) is 2.68.